The molecule has 0 aliphatic carbocycles. The molecule has 0 aliphatic rings. The second-order valence-corrected chi connectivity index (χ2v) is 4.54. The van der Waals surface area contributed by atoms with Crippen LogP contribution in [-0.4, -0.2) is 30.6 Å². The van der Waals surface area contributed by atoms with E-state index in [1.165, 1.54) is 6.92 Å². The van der Waals surface area contributed by atoms with Crippen molar-refractivity contribution < 1.29 is 22.7 Å². The third kappa shape index (κ3) is 3.59. The normalized spacial score (nSPS) is 11.5. The molecule has 19 heavy (non-hydrogen) atoms. The summed E-state index contributed by atoms with van der Waals surface area (Å²) in [6, 6.07) is 0. The SMILES string of the molecule is CCOC(=O)c1sc(N(CC)CC)nc1C(F)(F)F. The molecule has 0 saturated heterocycles. The zero-order chi connectivity index (χ0) is 14.6. The van der Waals surface area contributed by atoms with E-state index in [0.29, 0.717) is 24.4 Å². The van der Waals surface area contributed by atoms with Crippen LogP contribution < -0.4 is 4.90 Å². The van der Waals surface area contributed by atoms with Gasteiger partial charge in [0.1, 0.15) is 4.88 Å². The van der Waals surface area contributed by atoms with Gasteiger partial charge in [-0.2, -0.15) is 13.2 Å². The number of aromatic nitrogens is 1. The van der Waals surface area contributed by atoms with Gasteiger partial charge < -0.3 is 9.64 Å². The molecule has 108 valence electrons. The Bertz CT molecular complexity index is 442. The number of anilines is 1. The molecular weight excluding hydrogens is 281 g/mol. The maximum atomic E-state index is 12.9. The number of alkyl halides is 3. The average molecular weight is 296 g/mol. The standard InChI is InChI=1S/C11H15F3N2O2S/c1-4-16(5-2)10-15-8(11(12,13)14)7(19-10)9(17)18-6-3/h4-6H2,1-3H3. The Morgan fingerprint density at radius 1 is 1.32 bits per heavy atom. The molecule has 1 heterocycles. The molecule has 0 unspecified atom stereocenters. The highest BCUT2D eigenvalue weighted by Gasteiger charge is 2.40. The van der Waals surface area contributed by atoms with Crippen molar-refractivity contribution in [3.8, 4) is 0 Å². The lowest BCUT2D eigenvalue weighted by Crippen LogP contribution is -2.21. The van der Waals surface area contributed by atoms with E-state index in [9.17, 15) is 18.0 Å². The summed E-state index contributed by atoms with van der Waals surface area (Å²) >= 11 is 0.712. The van der Waals surface area contributed by atoms with Crippen LogP contribution in [-0.2, 0) is 10.9 Å². The second-order valence-electron chi connectivity index (χ2n) is 3.56. The van der Waals surface area contributed by atoms with Crippen LogP contribution >= 0.6 is 11.3 Å². The molecule has 0 saturated carbocycles. The quantitative estimate of drug-likeness (QED) is 0.783. The Labute approximate surface area is 113 Å². The summed E-state index contributed by atoms with van der Waals surface area (Å²) in [4.78, 5) is 16.3. The van der Waals surface area contributed by atoms with Gasteiger partial charge in [0.25, 0.3) is 0 Å². The zero-order valence-corrected chi connectivity index (χ0v) is 11.7. The number of ether oxygens (including phenoxy) is 1. The number of thiazole rings is 1. The van der Waals surface area contributed by atoms with Gasteiger partial charge in [0.05, 0.1) is 6.61 Å². The van der Waals surface area contributed by atoms with E-state index in [1.54, 1.807) is 4.90 Å². The third-order valence-electron chi connectivity index (χ3n) is 2.38. The smallest absolute Gasteiger partial charge is 0.435 e. The molecular formula is C11H15F3N2O2S. The van der Waals surface area contributed by atoms with E-state index in [-0.39, 0.29) is 11.7 Å². The van der Waals surface area contributed by atoms with Gasteiger partial charge in [0.15, 0.2) is 10.8 Å². The van der Waals surface area contributed by atoms with E-state index in [1.807, 2.05) is 13.8 Å². The Morgan fingerprint density at radius 2 is 1.89 bits per heavy atom. The molecule has 0 radical (unpaired) electrons. The highest BCUT2D eigenvalue weighted by molar-refractivity contribution is 7.17. The first-order valence-electron chi connectivity index (χ1n) is 5.85. The summed E-state index contributed by atoms with van der Waals surface area (Å²) in [5.74, 6) is -0.981. The van der Waals surface area contributed by atoms with Crippen molar-refractivity contribution in [2.75, 3.05) is 24.6 Å². The summed E-state index contributed by atoms with van der Waals surface area (Å²) in [5.41, 5.74) is -1.17. The van der Waals surface area contributed by atoms with Crippen molar-refractivity contribution in [3.05, 3.63) is 10.6 Å². The molecule has 0 aliphatic heterocycles. The first-order valence-corrected chi connectivity index (χ1v) is 6.66. The number of hydrogen-bond acceptors (Lipinski definition) is 5. The Hall–Kier alpha value is -1.31. The number of rotatable bonds is 5. The molecule has 1 aromatic heterocycles. The molecule has 1 rings (SSSR count). The first kappa shape index (κ1) is 15.7. The predicted molar refractivity (Wildman–Crippen MR) is 66.6 cm³/mol. The third-order valence-corrected chi connectivity index (χ3v) is 3.48. The van der Waals surface area contributed by atoms with Crippen LogP contribution in [0.15, 0.2) is 0 Å². The molecule has 0 bridgehead atoms. The second kappa shape index (κ2) is 6.23. The van der Waals surface area contributed by atoms with E-state index in [2.05, 4.69) is 9.72 Å². The van der Waals surface area contributed by atoms with Crippen LogP contribution in [0.2, 0.25) is 0 Å². The summed E-state index contributed by atoms with van der Waals surface area (Å²) in [6.07, 6.45) is -4.66. The van der Waals surface area contributed by atoms with Crippen LogP contribution in [0.4, 0.5) is 18.3 Å². The van der Waals surface area contributed by atoms with Crippen molar-refractivity contribution in [2.45, 2.75) is 26.9 Å². The highest BCUT2D eigenvalue weighted by atomic mass is 32.1. The Morgan fingerprint density at radius 3 is 2.32 bits per heavy atom. The van der Waals surface area contributed by atoms with Gasteiger partial charge in [0.2, 0.25) is 0 Å². The number of esters is 1. The lowest BCUT2D eigenvalue weighted by Gasteiger charge is -2.16. The van der Waals surface area contributed by atoms with E-state index in [4.69, 9.17) is 0 Å². The van der Waals surface area contributed by atoms with Crippen LogP contribution in [0.3, 0.4) is 0 Å². The van der Waals surface area contributed by atoms with Crippen LogP contribution in [0.25, 0.3) is 0 Å². The molecule has 8 heteroatoms. The predicted octanol–water partition coefficient (Wildman–Crippen LogP) is 3.18. The van der Waals surface area contributed by atoms with Gasteiger partial charge in [0, 0.05) is 13.1 Å². The largest absolute Gasteiger partial charge is 0.462 e. The summed E-state index contributed by atoms with van der Waals surface area (Å²) in [7, 11) is 0. The number of nitrogens with zero attached hydrogens (tertiary/aromatic N) is 2. The van der Waals surface area contributed by atoms with Crippen molar-refractivity contribution >= 4 is 22.4 Å². The molecule has 0 amide bonds. The van der Waals surface area contributed by atoms with Gasteiger partial charge in [-0.25, -0.2) is 9.78 Å². The molecule has 0 fully saturated rings. The monoisotopic (exact) mass is 296 g/mol. The van der Waals surface area contributed by atoms with Crippen LogP contribution in [0.5, 0.6) is 0 Å². The van der Waals surface area contributed by atoms with E-state index < -0.39 is 22.7 Å². The molecule has 1 aromatic rings. The van der Waals surface area contributed by atoms with Gasteiger partial charge in [-0.3, -0.25) is 0 Å². The highest BCUT2D eigenvalue weighted by Crippen LogP contribution is 2.37. The fourth-order valence-electron chi connectivity index (χ4n) is 1.47. The zero-order valence-electron chi connectivity index (χ0n) is 10.9. The van der Waals surface area contributed by atoms with Gasteiger partial charge >= 0.3 is 12.1 Å². The minimum Gasteiger partial charge on any atom is -0.462 e. The van der Waals surface area contributed by atoms with Crippen molar-refractivity contribution in [1.29, 1.82) is 0 Å². The number of carbonyl (C=O) groups excluding carboxylic acids is 1. The molecule has 0 spiro atoms. The number of hydrogen-bond donors (Lipinski definition) is 0. The molecule has 4 nitrogen and oxygen atoms in total. The minimum atomic E-state index is -4.66. The molecule has 0 atom stereocenters. The van der Waals surface area contributed by atoms with Crippen LogP contribution in [0.1, 0.15) is 36.1 Å². The molecule has 0 aromatic carbocycles. The van der Waals surface area contributed by atoms with Gasteiger partial charge in [-0.05, 0) is 20.8 Å². The molecule has 0 N–H and O–H groups in total. The topological polar surface area (TPSA) is 42.4 Å². The number of halogens is 3. The van der Waals surface area contributed by atoms with Gasteiger partial charge in [-0.15, -0.1) is 0 Å². The lowest BCUT2D eigenvalue weighted by atomic mass is 10.3. The van der Waals surface area contributed by atoms with Gasteiger partial charge in [-0.1, -0.05) is 11.3 Å². The Balaban J connectivity index is 3.24. The summed E-state index contributed by atoms with van der Waals surface area (Å²) < 4.78 is 43.2. The fraction of sp³-hybridized carbons (Fsp3) is 0.636. The average Bonchev–Trinajstić information content (AvgIpc) is 2.76. The maximum Gasteiger partial charge on any atom is 0.435 e. The van der Waals surface area contributed by atoms with Crippen molar-refractivity contribution in [3.63, 3.8) is 0 Å². The fourth-order valence-corrected chi connectivity index (χ4v) is 2.57. The Kier molecular flexibility index (Phi) is 5.16. The number of carbonyl (C=O) groups is 1. The minimum absolute atomic E-state index is 0.0225. The van der Waals surface area contributed by atoms with Crippen LogP contribution in [0, 0.1) is 0 Å². The van der Waals surface area contributed by atoms with Crippen molar-refractivity contribution in [1.82, 2.24) is 4.98 Å². The summed E-state index contributed by atoms with van der Waals surface area (Å²) in [6.45, 7) is 6.21. The van der Waals surface area contributed by atoms with E-state index >= 15 is 0 Å². The van der Waals surface area contributed by atoms with Crippen molar-refractivity contribution in [2.24, 2.45) is 0 Å². The van der Waals surface area contributed by atoms with E-state index in [0.717, 1.165) is 0 Å². The lowest BCUT2D eigenvalue weighted by molar-refractivity contribution is -0.141. The first-order chi connectivity index (χ1) is 8.85. The summed E-state index contributed by atoms with van der Waals surface area (Å²) in [5, 5.41) is 0.181. The maximum absolute atomic E-state index is 12.9.